The summed E-state index contributed by atoms with van der Waals surface area (Å²) in [6, 6.07) is 0. The van der Waals surface area contributed by atoms with Crippen molar-refractivity contribution in [3.8, 4) is 0 Å². The lowest BCUT2D eigenvalue weighted by atomic mass is 9.97. The average Bonchev–Trinajstić information content (AvgIpc) is 2.17. The maximum absolute atomic E-state index is 9.95. The molecule has 0 amide bonds. The summed E-state index contributed by atoms with van der Waals surface area (Å²) in [5, 5.41) is 13.3. The summed E-state index contributed by atoms with van der Waals surface area (Å²) in [5.41, 5.74) is -0.493. The van der Waals surface area contributed by atoms with Gasteiger partial charge in [0, 0.05) is 6.54 Å². The molecule has 0 rings (SSSR count). The van der Waals surface area contributed by atoms with E-state index in [1.54, 1.807) is 0 Å². The lowest BCUT2D eigenvalue weighted by molar-refractivity contribution is 0.0319. The van der Waals surface area contributed by atoms with Crippen molar-refractivity contribution in [2.45, 2.75) is 52.6 Å². The molecule has 1 atom stereocenters. The predicted octanol–water partition coefficient (Wildman–Crippen LogP) is 2.17. The van der Waals surface area contributed by atoms with E-state index < -0.39 is 5.60 Å². The Morgan fingerprint density at radius 2 is 1.77 bits per heavy atom. The number of nitrogens with one attached hydrogen (secondary N) is 1. The zero-order valence-corrected chi connectivity index (χ0v) is 9.56. The fraction of sp³-hybridized carbons (Fsp3) is 1.00. The summed E-state index contributed by atoms with van der Waals surface area (Å²) in [6.07, 6.45) is 2.86. The van der Waals surface area contributed by atoms with E-state index in [1.807, 2.05) is 13.8 Å². The molecule has 0 bridgehead atoms. The molecule has 0 saturated carbocycles. The van der Waals surface area contributed by atoms with Gasteiger partial charge in [0.05, 0.1) is 5.60 Å². The van der Waals surface area contributed by atoms with E-state index in [1.165, 1.54) is 6.42 Å². The average molecular weight is 187 g/mol. The van der Waals surface area contributed by atoms with Crippen LogP contribution in [0.1, 0.15) is 47.0 Å². The van der Waals surface area contributed by atoms with Crippen molar-refractivity contribution in [2.75, 3.05) is 13.1 Å². The Kier molecular flexibility index (Phi) is 6.35. The molecule has 13 heavy (non-hydrogen) atoms. The first kappa shape index (κ1) is 12.9. The maximum atomic E-state index is 9.95. The molecule has 0 saturated heterocycles. The highest BCUT2D eigenvalue weighted by Gasteiger charge is 2.21. The lowest BCUT2D eigenvalue weighted by Crippen LogP contribution is -2.40. The molecule has 2 nitrogen and oxygen atoms in total. The molecule has 0 spiro atoms. The van der Waals surface area contributed by atoms with Crippen LogP contribution in [0.25, 0.3) is 0 Å². The second kappa shape index (κ2) is 6.39. The van der Waals surface area contributed by atoms with Gasteiger partial charge in [-0.25, -0.2) is 0 Å². The van der Waals surface area contributed by atoms with E-state index in [4.69, 9.17) is 0 Å². The second-order valence-corrected chi connectivity index (χ2v) is 4.08. The van der Waals surface area contributed by atoms with E-state index in [0.29, 0.717) is 5.92 Å². The Hall–Kier alpha value is -0.0800. The van der Waals surface area contributed by atoms with Crippen LogP contribution in [-0.4, -0.2) is 23.8 Å². The third kappa shape index (κ3) is 5.27. The Balaban J connectivity index is 3.61. The Bertz CT molecular complexity index is 121. The number of hydrogen-bond acceptors (Lipinski definition) is 2. The minimum Gasteiger partial charge on any atom is -0.389 e. The highest BCUT2D eigenvalue weighted by Crippen LogP contribution is 2.12. The lowest BCUT2D eigenvalue weighted by Gasteiger charge is -2.26. The third-order valence-corrected chi connectivity index (χ3v) is 2.96. The molecule has 0 aliphatic carbocycles. The maximum Gasteiger partial charge on any atom is 0.0766 e. The van der Waals surface area contributed by atoms with Gasteiger partial charge in [-0.1, -0.05) is 34.1 Å². The fourth-order valence-corrected chi connectivity index (χ4v) is 1.20. The van der Waals surface area contributed by atoms with Gasteiger partial charge in [0.1, 0.15) is 0 Å². The van der Waals surface area contributed by atoms with Crippen LogP contribution in [0.3, 0.4) is 0 Å². The Labute approximate surface area is 82.7 Å². The van der Waals surface area contributed by atoms with Crippen LogP contribution < -0.4 is 5.32 Å². The van der Waals surface area contributed by atoms with Crippen LogP contribution in [0.4, 0.5) is 0 Å². The van der Waals surface area contributed by atoms with Gasteiger partial charge in [0.2, 0.25) is 0 Å². The molecule has 0 fully saturated rings. The first-order valence-electron chi connectivity index (χ1n) is 5.51. The number of hydrogen-bond donors (Lipinski definition) is 2. The van der Waals surface area contributed by atoms with Crippen LogP contribution in [0.2, 0.25) is 0 Å². The highest BCUT2D eigenvalue weighted by atomic mass is 16.3. The van der Waals surface area contributed by atoms with Crippen LogP contribution in [-0.2, 0) is 0 Å². The van der Waals surface area contributed by atoms with E-state index in [2.05, 4.69) is 19.2 Å². The molecule has 80 valence electrons. The summed E-state index contributed by atoms with van der Waals surface area (Å²) in [5.74, 6) is 0.706. The first-order valence-corrected chi connectivity index (χ1v) is 5.51. The van der Waals surface area contributed by atoms with E-state index in [0.717, 1.165) is 25.9 Å². The molecule has 0 aromatic carbocycles. The van der Waals surface area contributed by atoms with Crippen molar-refractivity contribution < 1.29 is 5.11 Å². The largest absolute Gasteiger partial charge is 0.389 e. The highest BCUT2D eigenvalue weighted by molar-refractivity contribution is 4.77. The molecule has 2 heteroatoms. The summed E-state index contributed by atoms with van der Waals surface area (Å²) in [4.78, 5) is 0. The van der Waals surface area contributed by atoms with Crippen molar-refractivity contribution >= 4 is 0 Å². The van der Waals surface area contributed by atoms with E-state index in [9.17, 15) is 5.11 Å². The summed E-state index contributed by atoms with van der Waals surface area (Å²) < 4.78 is 0. The standard InChI is InChI=1S/C11H25NO/c1-5-10(4)8-12-9-11(13,6-2)7-3/h10,12-13H,5-9H2,1-4H3. The monoisotopic (exact) mass is 187 g/mol. The normalized spacial score (nSPS) is 14.5. The van der Waals surface area contributed by atoms with Gasteiger partial charge in [0.25, 0.3) is 0 Å². The molecular weight excluding hydrogens is 162 g/mol. The first-order chi connectivity index (χ1) is 6.08. The van der Waals surface area contributed by atoms with Gasteiger partial charge >= 0.3 is 0 Å². The smallest absolute Gasteiger partial charge is 0.0766 e. The SMILES string of the molecule is CCC(C)CNCC(O)(CC)CC. The molecule has 2 N–H and O–H groups in total. The van der Waals surface area contributed by atoms with Crippen molar-refractivity contribution in [1.29, 1.82) is 0 Å². The molecule has 0 aliphatic rings. The van der Waals surface area contributed by atoms with Gasteiger partial charge in [-0.05, 0) is 25.3 Å². The number of rotatable bonds is 7. The van der Waals surface area contributed by atoms with Crippen LogP contribution in [0.15, 0.2) is 0 Å². The topological polar surface area (TPSA) is 32.3 Å². The van der Waals surface area contributed by atoms with Gasteiger partial charge in [0.15, 0.2) is 0 Å². The molecule has 0 aromatic rings. The van der Waals surface area contributed by atoms with Crippen molar-refractivity contribution in [3.05, 3.63) is 0 Å². The molecule has 1 unspecified atom stereocenters. The summed E-state index contributed by atoms with van der Waals surface area (Å²) in [7, 11) is 0. The minimum atomic E-state index is -0.493. The molecule has 0 aliphatic heterocycles. The van der Waals surface area contributed by atoms with Gasteiger partial charge in [-0.15, -0.1) is 0 Å². The third-order valence-electron chi connectivity index (χ3n) is 2.96. The quantitative estimate of drug-likeness (QED) is 0.640. The van der Waals surface area contributed by atoms with Crippen LogP contribution >= 0.6 is 0 Å². The van der Waals surface area contributed by atoms with Gasteiger partial charge in [-0.3, -0.25) is 0 Å². The van der Waals surface area contributed by atoms with Crippen LogP contribution in [0.5, 0.6) is 0 Å². The molecule has 0 radical (unpaired) electrons. The summed E-state index contributed by atoms with van der Waals surface area (Å²) >= 11 is 0. The minimum absolute atomic E-state index is 0.493. The number of aliphatic hydroxyl groups is 1. The van der Waals surface area contributed by atoms with E-state index in [-0.39, 0.29) is 0 Å². The van der Waals surface area contributed by atoms with Crippen molar-refractivity contribution in [1.82, 2.24) is 5.32 Å². The molecule has 0 heterocycles. The van der Waals surface area contributed by atoms with Crippen LogP contribution in [0, 0.1) is 5.92 Å². The van der Waals surface area contributed by atoms with E-state index >= 15 is 0 Å². The summed E-state index contributed by atoms with van der Waals surface area (Å²) in [6.45, 7) is 10.2. The second-order valence-electron chi connectivity index (χ2n) is 4.08. The Morgan fingerprint density at radius 1 is 1.23 bits per heavy atom. The zero-order chi connectivity index (χ0) is 10.3. The molecular formula is C11H25NO. The van der Waals surface area contributed by atoms with Crippen molar-refractivity contribution in [2.24, 2.45) is 5.92 Å². The zero-order valence-electron chi connectivity index (χ0n) is 9.56. The fourth-order valence-electron chi connectivity index (χ4n) is 1.20. The van der Waals surface area contributed by atoms with Crippen molar-refractivity contribution in [3.63, 3.8) is 0 Å². The Morgan fingerprint density at radius 3 is 2.15 bits per heavy atom. The van der Waals surface area contributed by atoms with Gasteiger partial charge in [-0.2, -0.15) is 0 Å². The molecule has 0 aromatic heterocycles. The van der Waals surface area contributed by atoms with Gasteiger partial charge < -0.3 is 10.4 Å². The predicted molar refractivity (Wildman–Crippen MR) is 57.9 cm³/mol.